The van der Waals surface area contributed by atoms with Crippen LogP contribution in [-0.4, -0.2) is 15.5 Å². The molecule has 0 spiro atoms. The van der Waals surface area contributed by atoms with Gasteiger partial charge < -0.3 is 5.73 Å². The van der Waals surface area contributed by atoms with Crippen molar-refractivity contribution in [2.75, 3.05) is 0 Å². The Balaban J connectivity index is 2.68. The van der Waals surface area contributed by atoms with Gasteiger partial charge in [-0.1, -0.05) is 0 Å². The molecule has 12 heavy (non-hydrogen) atoms. The van der Waals surface area contributed by atoms with Crippen LogP contribution in [0.3, 0.4) is 0 Å². The average Bonchev–Trinajstić information content (AvgIpc) is 2.49. The zero-order valence-corrected chi connectivity index (χ0v) is 6.27. The lowest BCUT2D eigenvalue weighted by molar-refractivity contribution is 0.0994. The lowest BCUT2D eigenvalue weighted by Crippen LogP contribution is -2.14. The van der Waals surface area contributed by atoms with Crippen molar-refractivity contribution in [2.24, 2.45) is 5.73 Å². The summed E-state index contributed by atoms with van der Waals surface area (Å²) in [5.41, 5.74) is 6.28. The highest BCUT2D eigenvalue weighted by Crippen LogP contribution is 2.02. The van der Waals surface area contributed by atoms with Crippen LogP contribution in [0.2, 0.25) is 0 Å². The highest BCUT2D eigenvalue weighted by molar-refractivity contribution is 5.90. The molecule has 0 aliphatic carbocycles. The number of carbonyl (C=O) groups excluding carboxylic acids is 1. The maximum Gasteiger partial charge on any atom is 0.269 e. The van der Waals surface area contributed by atoms with Crippen LogP contribution in [0.4, 0.5) is 0 Å². The Morgan fingerprint density at radius 3 is 3.00 bits per heavy atom. The van der Waals surface area contributed by atoms with Gasteiger partial charge in [0.1, 0.15) is 5.69 Å². The van der Waals surface area contributed by atoms with E-state index >= 15 is 0 Å². The minimum atomic E-state index is -0.509. The SMILES string of the molecule is NC(=O)c1ccc2cccn2n1. The molecule has 60 valence electrons. The predicted octanol–water partition coefficient (Wildman–Crippen LogP) is 0.433. The molecule has 0 fully saturated rings. The Morgan fingerprint density at radius 2 is 2.25 bits per heavy atom. The number of primary amides is 1. The van der Waals surface area contributed by atoms with Crippen molar-refractivity contribution in [3.8, 4) is 0 Å². The summed E-state index contributed by atoms with van der Waals surface area (Å²) >= 11 is 0. The number of rotatable bonds is 1. The van der Waals surface area contributed by atoms with Crippen molar-refractivity contribution in [3.05, 3.63) is 36.2 Å². The lowest BCUT2D eigenvalue weighted by atomic mass is 10.3. The Kier molecular flexibility index (Phi) is 1.33. The molecule has 0 saturated carbocycles. The molecule has 4 nitrogen and oxygen atoms in total. The molecule has 0 aromatic carbocycles. The van der Waals surface area contributed by atoms with Crippen molar-refractivity contribution in [3.63, 3.8) is 0 Å². The average molecular weight is 161 g/mol. The fraction of sp³-hybridized carbons (Fsp3) is 0. The second-order valence-electron chi connectivity index (χ2n) is 2.46. The number of amides is 1. The summed E-state index contributed by atoms with van der Waals surface area (Å²) in [4.78, 5) is 10.7. The van der Waals surface area contributed by atoms with E-state index in [1.807, 2.05) is 12.1 Å². The van der Waals surface area contributed by atoms with E-state index in [0.29, 0.717) is 0 Å². The zero-order chi connectivity index (χ0) is 8.55. The van der Waals surface area contributed by atoms with E-state index in [1.54, 1.807) is 22.8 Å². The van der Waals surface area contributed by atoms with Gasteiger partial charge in [-0.25, -0.2) is 4.52 Å². The third-order valence-corrected chi connectivity index (χ3v) is 1.64. The molecule has 0 aliphatic rings. The van der Waals surface area contributed by atoms with Crippen LogP contribution in [0.5, 0.6) is 0 Å². The van der Waals surface area contributed by atoms with Gasteiger partial charge in [0.2, 0.25) is 0 Å². The summed E-state index contributed by atoms with van der Waals surface area (Å²) in [6.07, 6.45) is 1.77. The Morgan fingerprint density at radius 1 is 1.42 bits per heavy atom. The number of nitrogens with zero attached hydrogens (tertiary/aromatic N) is 2. The van der Waals surface area contributed by atoms with Crippen LogP contribution in [0, 0.1) is 0 Å². The first-order chi connectivity index (χ1) is 5.77. The number of carbonyl (C=O) groups is 1. The quantitative estimate of drug-likeness (QED) is 0.659. The van der Waals surface area contributed by atoms with Crippen molar-refractivity contribution in [1.29, 1.82) is 0 Å². The van der Waals surface area contributed by atoms with Crippen molar-refractivity contribution in [1.82, 2.24) is 9.61 Å². The summed E-state index contributed by atoms with van der Waals surface area (Å²) < 4.78 is 1.61. The molecule has 1 amide bonds. The number of nitrogens with two attached hydrogens (primary N) is 1. The van der Waals surface area contributed by atoms with E-state index in [2.05, 4.69) is 5.10 Å². The molecule has 0 radical (unpaired) electrons. The van der Waals surface area contributed by atoms with Gasteiger partial charge in [-0.3, -0.25) is 4.79 Å². The lowest BCUT2D eigenvalue weighted by Gasteiger charge is -1.95. The second-order valence-corrected chi connectivity index (χ2v) is 2.46. The largest absolute Gasteiger partial charge is 0.364 e. The van der Waals surface area contributed by atoms with Gasteiger partial charge in [-0.2, -0.15) is 5.10 Å². The van der Waals surface area contributed by atoms with E-state index < -0.39 is 5.91 Å². The van der Waals surface area contributed by atoms with Crippen LogP contribution in [0.15, 0.2) is 30.5 Å². The first kappa shape index (κ1) is 6.84. The first-order valence-corrected chi connectivity index (χ1v) is 3.51. The molecule has 4 heteroatoms. The summed E-state index contributed by atoms with van der Waals surface area (Å²) in [6.45, 7) is 0. The maximum absolute atomic E-state index is 10.7. The van der Waals surface area contributed by atoms with Crippen LogP contribution in [-0.2, 0) is 0 Å². The van der Waals surface area contributed by atoms with Crippen molar-refractivity contribution >= 4 is 11.4 Å². The van der Waals surface area contributed by atoms with Crippen molar-refractivity contribution in [2.45, 2.75) is 0 Å². The number of hydrogen-bond acceptors (Lipinski definition) is 2. The Labute approximate surface area is 68.6 Å². The summed E-state index contributed by atoms with van der Waals surface area (Å²) in [5, 5.41) is 3.98. The molecule has 2 aromatic heterocycles. The van der Waals surface area contributed by atoms with Crippen molar-refractivity contribution < 1.29 is 4.79 Å². The first-order valence-electron chi connectivity index (χ1n) is 3.51. The number of fused-ring (bicyclic) bond motifs is 1. The summed E-state index contributed by atoms with van der Waals surface area (Å²) in [5.74, 6) is -0.509. The molecule has 2 N–H and O–H groups in total. The number of hydrogen-bond donors (Lipinski definition) is 1. The highest BCUT2D eigenvalue weighted by Gasteiger charge is 2.01. The molecule has 0 unspecified atom stereocenters. The highest BCUT2D eigenvalue weighted by atomic mass is 16.1. The molecule has 2 heterocycles. The van der Waals surface area contributed by atoms with E-state index in [4.69, 9.17) is 5.73 Å². The van der Waals surface area contributed by atoms with Crippen LogP contribution in [0.25, 0.3) is 5.52 Å². The molecule has 0 aliphatic heterocycles. The topological polar surface area (TPSA) is 60.4 Å². The van der Waals surface area contributed by atoms with E-state index in [9.17, 15) is 4.79 Å². The Bertz CT molecular complexity index is 433. The third-order valence-electron chi connectivity index (χ3n) is 1.64. The third kappa shape index (κ3) is 0.934. The van der Waals surface area contributed by atoms with E-state index in [-0.39, 0.29) is 5.69 Å². The minimum absolute atomic E-state index is 0.277. The molecular formula is C8H7N3O. The van der Waals surface area contributed by atoms with Gasteiger partial charge in [0.15, 0.2) is 0 Å². The monoisotopic (exact) mass is 161 g/mol. The maximum atomic E-state index is 10.7. The van der Waals surface area contributed by atoms with E-state index in [0.717, 1.165) is 5.52 Å². The van der Waals surface area contributed by atoms with Gasteiger partial charge >= 0.3 is 0 Å². The summed E-state index contributed by atoms with van der Waals surface area (Å²) in [7, 11) is 0. The molecule has 0 bridgehead atoms. The normalized spacial score (nSPS) is 10.3. The number of aromatic nitrogens is 2. The van der Waals surface area contributed by atoms with Gasteiger partial charge in [-0.15, -0.1) is 0 Å². The standard InChI is InChI=1S/C8H7N3O/c9-8(12)7-4-3-6-2-1-5-11(6)10-7/h1-5H,(H2,9,12). The second kappa shape index (κ2) is 2.34. The summed E-state index contributed by atoms with van der Waals surface area (Å²) in [6, 6.07) is 7.16. The fourth-order valence-corrected chi connectivity index (χ4v) is 1.05. The van der Waals surface area contributed by atoms with Gasteiger partial charge in [0.05, 0.1) is 5.52 Å². The molecular weight excluding hydrogens is 154 g/mol. The zero-order valence-electron chi connectivity index (χ0n) is 6.27. The fourth-order valence-electron chi connectivity index (χ4n) is 1.05. The molecule has 2 aromatic rings. The van der Waals surface area contributed by atoms with Gasteiger partial charge in [0.25, 0.3) is 5.91 Å². The molecule has 0 atom stereocenters. The molecule has 0 saturated heterocycles. The predicted molar refractivity (Wildman–Crippen MR) is 43.7 cm³/mol. The van der Waals surface area contributed by atoms with Crippen LogP contribution < -0.4 is 5.73 Å². The van der Waals surface area contributed by atoms with Crippen LogP contribution >= 0.6 is 0 Å². The van der Waals surface area contributed by atoms with Crippen LogP contribution in [0.1, 0.15) is 10.5 Å². The Hall–Kier alpha value is -1.84. The minimum Gasteiger partial charge on any atom is -0.364 e. The van der Waals surface area contributed by atoms with Gasteiger partial charge in [0, 0.05) is 6.20 Å². The molecule has 2 rings (SSSR count). The van der Waals surface area contributed by atoms with E-state index in [1.165, 1.54) is 0 Å². The van der Waals surface area contributed by atoms with Gasteiger partial charge in [-0.05, 0) is 24.3 Å². The smallest absolute Gasteiger partial charge is 0.269 e.